The monoisotopic (exact) mass is 291 g/mol. The molecule has 0 spiro atoms. The van der Waals surface area contributed by atoms with Crippen LogP contribution in [0, 0.1) is 11.6 Å². The Balaban J connectivity index is 2.30. The molecule has 1 atom stereocenters. The van der Waals surface area contributed by atoms with Crippen molar-refractivity contribution in [3.8, 4) is 0 Å². The molecule has 0 aliphatic rings. The standard InChI is InChI=1S/C16H15F2NO2/c1-10(11-7-5-8-13(17)15(11)18)19-14-9-4-3-6-12(14)16(20)21-2/h3-10,19H,1-2H3. The van der Waals surface area contributed by atoms with E-state index >= 15 is 0 Å². The minimum absolute atomic E-state index is 0.190. The highest BCUT2D eigenvalue weighted by molar-refractivity contribution is 5.95. The molecule has 1 unspecified atom stereocenters. The van der Waals surface area contributed by atoms with Gasteiger partial charge in [-0.15, -0.1) is 0 Å². The Labute approximate surface area is 121 Å². The van der Waals surface area contributed by atoms with Gasteiger partial charge in [0.1, 0.15) is 0 Å². The molecule has 2 rings (SSSR count). The second kappa shape index (κ2) is 6.35. The quantitative estimate of drug-likeness (QED) is 0.868. The molecule has 3 nitrogen and oxygen atoms in total. The van der Waals surface area contributed by atoms with Gasteiger partial charge in [-0.25, -0.2) is 13.6 Å². The summed E-state index contributed by atoms with van der Waals surface area (Å²) >= 11 is 0. The molecule has 5 heteroatoms. The number of halogens is 2. The fourth-order valence-corrected chi connectivity index (χ4v) is 2.06. The number of benzene rings is 2. The minimum atomic E-state index is -0.901. The van der Waals surface area contributed by atoms with Crippen molar-refractivity contribution >= 4 is 11.7 Å². The van der Waals surface area contributed by atoms with Gasteiger partial charge in [0.15, 0.2) is 11.6 Å². The second-order valence-electron chi connectivity index (χ2n) is 4.55. The Morgan fingerprint density at radius 3 is 2.57 bits per heavy atom. The van der Waals surface area contributed by atoms with Gasteiger partial charge in [-0.05, 0) is 25.1 Å². The topological polar surface area (TPSA) is 38.3 Å². The first kappa shape index (κ1) is 15.0. The smallest absolute Gasteiger partial charge is 0.339 e. The normalized spacial score (nSPS) is 11.8. The molecule has 0 radical (unpaired) electrons. The third-order valence-electron chi connectivity index (χ3n) is 3.15. The summed E-state index contributed by atoms with van der Waals surface area (Å²) in [5.41, 5.74) is 1.03. The van der Waals surface area contributed by atoms with Crippen molar-refractivity contribution in [1.82, 2.24) is 0 Å². The van der Waals surface area contributed by atoms with Gasteiger partial charge in [0, 0.05) is 11.3 Å². The van der Waals surface area contributed by atoms with E-state index in [0.29, 0.717) is 11.3 Å². The lowest BCUT2D eigenvalue weighted by Crippen LogP contribution is -2.13. The molecule has 1 N–H and O–H groups in total. The predicted octanol–water partition coefficient (Wildman–Crippen LogP) is 3.92. The van der Waals surface area contributed by atoms with Crippen LogP contribution < -0.4 is 5.32 Å². The van der Waals surface area contributed by atoms with Crippen LogP contribution in [0.4, 0.5) is 14.5 Å². The summed E-state index contributed by atoms with van der Waals surface area (Å²) in [5.74, 6) is -2.29. The third kappa shape index (κ3) is 3.18. The summed E-state index contributed by atoms with van der Waals surface area (Å²) in [6, 6.07) is 10.2. The SMILES string of the molecule is COC(=O)c1ccccc1NC(C)c1cccc(F)c1F. The summed E-state index contributed by atoms with van der Waals surface area (Å²) < 4.78 is 31.7. The number of nitrogens with one attached hydrogen (secondary N) is 1. The maximum Gasteiger partial charge on any atom is 0.339 e. The van der Waals surface area contributed by atoms with Gasteiger partial charge in [0.2, 0.25) is 0 Å². The zero-order valence-electron chi connectivity index (χ0n) is 11.7. The zero-order chi connectivity index (χ0) is 15.4. The van der Waals surface area contributed by atoms with Gasteiger partial charge in [-0.2, -0.15) is 0 Å². The highest BCUT2D eigenvalue weighted by Crippen LogP contribution is 2.25. The maximum absolute atomic E-state index is 13.8. The van der Waals surface area contributed by atoms with Crippen LogP contribution in [0.3, 0.4) is 0 Å². The Bertz CT molecular complexity index is 658. The first-order valence-electron chi connectivity index (χ1n) is 6.42. The number of esters is 1. The molecule has 0 aliphatic heterocycles. The molecule has 0 amide bonds. The van der Waals surface area contributed by atoms with E-state index in [0.717, 1.165) is 6.07 Å². The first-order valence-corrected chi connectivity index (χ1v) is 6.42. The summed E-state index contributed by atoms with van der Waals surface area (Å²) in [6.07, 6.45) is 0. The van der Waals surface area contributed by atoms with Crippen LogP contribution in [0.2, 0.25) is 0 Å². The number of ether oxygens (including phenoxy) is 1. The van der Waals surface area contributed by atoms with Crippen LogP contribution in [-0.4, -0.2) is 13.1 Å². The van der Waals surface area contributed by atoms with Crippen LogP contribution in [-0.2, 0) is 4.74 Å². The molecule has 0 saturated heterocycles. The third-order valence-corrected chi connectivity index (χ3v) is 3.15. The molecule has 2 aromatic carbocycles. The zero-order valence-corrected chi connectivity index (χ0v) is 11.7. The number of hydrogen-bond acceptors (Lipinski definition) is 3. The number of methoxy groups -OCH3 is 1. The maximum atomic E-state index is 13.8. The van der Waals surface area contributed by atoms with Crippen molar-refractivity contribution in [2.24, 2.45) is 0 Å². The molecular formula is C16H15F2NO2. The van der Waals surface area contributed by atoms with E-state index in [2.05, 4.69) is 5.32 Å². The average Bonchev–Trinajstić information content (AvgIpc) is 2.49. The van der Waals surface area contributed by atoms with E-state index in [4.69, 9.17) is 4.74 Å². The number of rotatable bonds is 4. The molecule has 0 saturated carbocycles. The van der Waals surface area contributed by atoms with E-state index < -0.39 is 23.6 Å². The van der Waals surface area contributed by atoms with E-state index in [1.807, 2.05) is 0 Å². The molecule has 0 bridgehead atoms. The molecule has 0 heterocycles. The Morgan fingerprint density at radius 2 is 1.86 bits per heavy atom. The van der Waals surface area contributed by atoms with E-state index in [9.17, 15) is 13.6 Å². The Morgan fingerprint density at radius 1 is 1.14 bits per heavy atom. The van der Waals surface area contributed by atoms with Crippen molar-refractivity contribution in [3.05, 3.63) is 65.2 Å². The van der Waals surface area contributed by atoms with E-state index in [1.54, 1.807) is 31.2 Å². The van der Waals surface area contributed by atoms with Gasteiger partial charge in [-0.3, -0.25) is 0 Å². The lowest BCUT2D eigenvalue weighted by molar-refractivity contribution is 0.0602. The van der Waals surface area contributed by atoms with Gasteiger partial charge in [-0.1, -0.05) is 24.3 Å². The van der Waals surface area contributed by atoms with Crippen molar-refractivity contribution in [2.45, 2.75) is 13.0 Å². The Hall–Kier alpha value is -2.43. The van der Waals surface area contributed by atoms with Crippen molar-refractivity contribution < 1.29 is 18.3 Å². The fraction of sp³-hybridized carbons (Fsp3) is 0.188. The van der Waals surface area contributed by atoms with E-state index in [1.165, 1.54) is 19.2 Å². The first-order chi connectivity index (χ1) is 10.0. The molecule has 0 aromatic heterocycles. The minimum Gasteiger partial charge on any atom is -0.465 e. The summed E-state index contributed by atoms with van der Waals surface area (Å²) in [6.45, 7) is 1.69. The van der Waals surface area contributed by atoms with Crippen LogP contribution in [0.5, 0.6) is 0 Å². The van der Waals surface area contributed by atoms with Crippen molar-refractivity contribution in [1.29, 1.82) is 0 Å². The molecule has 0 fully saturated rings. The van der Waals surface area contributed by atoms with Crippen LogP contribution in [0.25, 0.3) is 0 Å². The highest BCUT2D eigenvalue weighted by Gasteiger charge is 2.17. The lowest BCUT2D eigenvalue weighted by Gasteiger charge is -2.18. The van der Waals surface area contributed by atoms with Crippen LogP contribution in [0.1, 0.15) is 28.9 Å². The van der Waals surface area contributed by atoms with Gasteiger partial charge >= 0.3 is 5.97 Å². The molecule has 2 aromatic rings. The van der Waals surface area contributed by atoms with E-state index in [-0.39, 0.29) is 5.56 Å². The summed E-state index contributed by atoms with van der Waals surface area (Å²) in [5, 5.41) is 3.00. The summed E-state index contributed by atoms with van der Waals surface area (Å²) in [7, 11) is 1.29. The van der Waals surface area contributed by atoms with Gasteiger partial charge in [0.25, 0.3) is 0 Å². The molecule has 0 aliphatic carbocycles. The summed E-state index contributed by atoms with van der Waals surface area (Å²) in [4.78, 5) is 11.7. The average molecular weight is 291 g/mol. The van der Waals surface area contributed by atoms with Gasteiger partial charge in [0.05, 0.1) is 18.7 Å². The number of carbonyl (C=O) groups excluding carboxylic acids is 1. The highest BCUT2D eigenvalue weighted by atomic mass is 19.2. The largest absolute Gasteiger partial charge is 0.465 e. The van der Waals surface area contributed by atoms with Crippen molar-refractivity contribution in [3.63, 3.8) is 0 Å². The van der Waals surface area contributed by atoms with Crippen LogP contribution in [0.15, 0.2) is 42.5 Å². The number of hydrogen-bond donors (Lipinski definition) is 1. The molecule has 110 valence electrons. The fourth-order valence-electron chi connectivity index (χ4n) is 2.06. The molecule has 21 heavy (non-hydrogen) atoms. The predicted molar refractivity (Wildman–Crippen MR) is 76.2 cm³/mol. The van der Waals surface area contributed by atoms with Crippen molar-refractivity contribution in [2.75, 3.05) is 12.4 Å². The van der Waals surface area contributed by atoms with Gasteiger partial charge < -0.3 is 10.1 Å². The lowest BCUT2D eigenvalue weighted by atomic mass is 10.1. The second-order valence-corrected chi connectivity index (χ2v) is 4.55. The number of carbonyl (C=O) groups is 1. The van der Waals surface area contributed by atoms with Crippen LogP contribution >= 0.6 is 0 Å². The Kier molecular flexibility index (Phi) is 4.52. The molecular weight excluding hydrogens is 276 g/mol. The number of para-hydroxylation sites is 1. The number of anilines is 1.